The summed E-state index contributed by atoms with van der Waals surface area (Å²) in [6.45, 7) is 2.18. The van der Waals surface area contributed by atoms with Crippen LogP contribution in [0.1, 0.15) is 33.2 Å². The number of amides is 2. The van der Waals surface area contributed by atoms with Crippen LogP contribution in [0.5, 0.6) is 11.5 Å². The molecule has 0 atom stereocenters. The van der Waals surface area contributed by atoms with Gasteiger partial charge in [-0.3, -0.25) is 9.59 Å². The third-order valence-electron chi connectivity index (χ3n) is 4.42. The number of ether oxygens (including phenoxy) is 2. The smallest absolute Gasteiger partial charge is 0.344 e. The summed E-state index contributed by atoms with van der Waals surface area (Å²) in [5.74, 6) is -0.293. The first-order valence-corrected chi connectivity index (χ1v) is 11.2. The minimum absolute atomic E-state index is 0.229. The summed E-state index contributed by atoms with van der Waals surface area (Å²) >= 11 is 3.32. The van der Waals surface area contributed by atoms with E-state index < -0.39 is 11.9 Å². The second-order valence-electron chi connectivity index (χ2n) is 6.87. The van der Waals surface area contributed by atoms with E-state index in [9.17, 15) is 14.4 Å². The second-order valence-corrected chi connectivity index (χ2v) is 7.73. The first-order valence-electron chi connectivity index (χ1n) is 10.4. The van der Waals surface area contributed by atoms with Crippen LogP contribution in [0.2, 0.25) is 0 Å². The number of halogens is 1. The fourth-order valence-corrected chi connectivity index (χ4v) is 3.21. The van der Waals surface area contributed by atoms with Crippen molar-refractivity contribution < 1.29 is 23.9 Å². The summed E-state index contributed by atoms with van der Waals surface area (Å²) in [4.78, 5) is 36.3. The lowest BCUT2D eigenvalue weighted by molar-refractivity contribution is -0.120. The van der Waals surface area contributed by atoms with Crippen LogP contribution in [0.15, 0.2) is 82.4 Å². The van der Waals surface area contributed by atoms with Crippen LogP contribution in [0.3, 0.4) is 0 Å². The molecule has 3 aromatic rings. The Hall–Kier alpha value is -3.98. The highest BCUT2D eigenvalue weighted by molar-refractivity contribution is 9.10. The van der Waals surface area contributed by atoms with Gasteiger partial charge in [0.2, 0.25) is 0 Å². The molecule has 0 radical (unpaired) electrons. The fraction of sp³-hybridized carbons (Fsp3) is 0.120. The molecule has 174 valence electrons. The number of nitrogens with zero attached hydrogens (tertiary/aromatic N) is 1. The Labute approximate surface area is 205 Å². The highest BCUT2D eigenvalue weighted by Gasteiger charge is 2.12. The molecule has 0 fully saturated rings. The first-order chi connectivity index (χ1) is 16.5. The molecule has 0 saturated heterocycles. The van der Waals surface area contributed by atoms with E-state index in [4.69, 9.17) is 9.47 Å². The molecule has 0 bridgehead atoms. The highest BCUT2D eigenvalue weighted by Crippen LogP contribution is 2.19. The van der Waals surface area contributed by atoms with Crippen LogP contribution >= 0.6 is 15.9 Å². The summed E-state index contributed by atoms with van der Waals surface area (Å²) in [5, 5.41) is 6.39. The molecule has 0 saturated carbocycles. The molecule has 0 spiro atoms. The number of hydrogen-bond acceptors (Lipinski definition) is 6. The topological polar surface area (TPSA) is 106 Å². The molecular formula is C25H22BrN3O5. The number of esters is 1. The Morgan fingerprint density at radius 3 is 2.29 bits per heavy atom. The first kappa shape index (κ1) is 24.7. The lowest BCUT2D eigenvalue weighted by Gasteiger charge is -2.06. The van der Waals surface area contributed by atoms with Gasteiger partial charge in [0.05, 0.1) is 24.9 Å². The minimum Gasteiger partial charge on any atom is -0.494 e. The van der Waals surface area contributed by atoms with Crippen molar-refractivity contribution in [1.82, 2.24) is 10.7 Å². The Morgan fingerprint density at radius 2 is 1.62 bits per heavy atom. The monoisotopic (exact) mass is 523 g/mol. The van der Waals surface area contributed by atoms with Crippen LogP contribution in [-0.4, -0.2) is 37.1 Å². The molecule has 0 heterocycles. The number of nitrogens with one attached hydrogen (secondary N) is 2. The lowest BCUT2D eigenvalue weighted by atomic mass is 10.2. The number of carbonyl (C=O) groups excluding carboxylic acids is 3. The van der Waals surface area contributed by atoms with E-state index in [0.717, 1.165) is 0 Å². The zero-order valence-corrected chi connectivity index (χ0v) is 19.9. The predicted molar refractivity (Wildman–Crippen MR) is 131 cm³/mol. The molecule has 0 aliphatic carbocycles. The van der Waals surface area contributed by atoms with Crippen LogP contribution in [-0.2, 0) is 4.79 Å². The van der Waals surface area contributed by atoms with E-state index in [2.05, 4.69) is 31.8 Å². The summed E-state index contributed by atoms with van der Waals surface area (Å²) in [6, 6.07) is 20.2. The Bertz CT molecular complexity index is 1180. The van der Waals surface area contributed by atoms with Gasteiger partial charge < -0.3 is 14.8 Å². The summed E-state index contributed by atoms with van der Waals surface area (Å²) < 4.78 is 11.3. The van der Waals surface area contributed by atoms with Crippen molar-refractivity contribution >= 4 is 39.9 Å². The van der Waals surface area contributed by atoms with Crippen molar-refractivity contribution in [3.63, 3.8) is 0 Å². The van der Waals surface area contributed by atoms with Crippen LogP contribution in [0, 0.1) is 0 Å². The molecule has 8 nitrogen and oxygen atoms in total. The minimum atomic E-state index is -0.478. The van der Waals surface area contributed by atoms with Gasteiger partial charge in [0, 0.05) is 10.0 Å². The second kappa shape index (κ2) is 12.3. The Balaban J connectivity index is 1.44. The molecule has 0 aliphatic heterocycles. The van der Waals surface area contributed by atoms with Crippen molar-refractivity contribution in [1.29, 1.82) is 0 Å². The average Bonchev–Trinajstić information content (AvgIpc) is 2.84. The molecule has 3 rings (SSSR count). The Morgan fingerprint density at radius 1 is 0.941 bits per heavy atom. The molecule has 3 aromatic carbocycles. The summed E-state index contributed by atoms with van der Waals surface area (Å²) in [5.41, 5.74) is 3.86. The van der Waals surface area contributed by atoms with E-state index in [1.165, 1.54) is 6.21 Å². The summed E-state index contributed by atoms with van der Waals surface area (Å²) in [7, 11) is 0. The van der Waals surface area contributed by atoms with Gasteiger partial charge in [-0.15, -0.1) is 0 Å². The maximum absolute atomic E-state index is 12.2. The van der Waals surface area contributed by atoms with Crippen molar-refractivity contribution in [3.8, 4) is 11.5 Å². The highest BCUT2D eigenvalue weighted by atomic mass is 79.9. The third-order valence-corrected chi connectivity index (χ3v) is 5.12. The van der Waals surface area contributed by atoms with Crippen molar-refractivity contribution in [3.05, 3.63) is 94.0 Å². The van der Waals surface area contributed by atoms with Gasteiger partial charge in [-0.2, -0.15) is 5.10 Å². The maximum atomic E-state index is 12.2. The number of benzene rings is 3. The van der Waals surface area contributed by atoms with Crippen LogP contribution in [0.4, 0.5) is 0 Å². The fourth-order valence-electron chi connectivity index (χ4n) is 2.76. The van der Waals surface area contributed by atoms with E-state index in [1.807, 2.05) is 13.0 Å². The number of rotatable bonds is 9. The van der Waals surface area contributed by atoms with Gasteiger partial charge in [0.25, 0.3) is 11.8 Å². The van der Waals surface area contributed by atoms with E-state index >= 15 is 0 Å². The Kier molecular flexibility index (Phi) is 8.93. The van der Waals surface area contributed by atoms with E-state index in [1.54, 1.807) is 66.7 Å². The number of carbonyl (C=O) groups is 3. The van der Waals surface area contributed by atoms with Crippen molar-refractivity contribution in [2.45, 2.75) is 6.92 Å². The van der Waals surface area contributed by atoms with E-state index in [0.29, 0.717) is 39.3 Å². The van der Waals surface area contributed by atoms with Gasteiger partial charge in [-0.05, 0) is 89.1 Å². The molecule has 0 aromatic heterocycles. The van der Waals surface area contributed by atoms with Gasteiger partial charge >= 0.3 is 5.97 Å². The van der Waals surface area contributed by atoms with Gasteiger partial charge in [-0.1, -0.05) is 12.1 Å². The van der Waals surface area contributed by atoms with Gasteiger partial charge in [-0.25, -0.2) is 10.2 Å². The van der Waals surface area contributed by atoms with Crippen LogP contribution in [0.25, 0.3) is 0 Å². The molecule has 0 unspecified atom stereocenters. The average molecular weight is 524 g/mol. The summed E-state index contributed by atoms with van der Waals surface area (Å²) in [6.07, 6.45) is 1.44. The molecular weight excluding hydrogens is 502 g/mol. The number of hydrazone groups is 1. The van der Waals surface area contributed by atoms with Crippen LogP contribution < -0.4 is 20.2 Å². The van der Waals surface area contributed by atoms with Gasteiger partial charge in [0.15, 0.2) is 0 Å². The van der Waals surface area contributed by atoms with E-state index in [-0.39, 0.29) is 12.5 Å². The maximum Gasteiger partial charge on any atom is 0.344 e. The van der Waals surface area contributed by atoms with Crippen molar-refractivity contribution in [2.75, 3.05) is 13.2 Å². The molecule has 2 N–H and O–H groups in total. The quantitative estimate of drug-likeness (QED) is 0.191. The lowest BCUT2D eigenvalue weighted by Crippen LogP contribution is -2.34. The molecule has 34 heavy (non-hydrogen) atoms. The number of hydrogen-bond donors (Lipinski definition) is 2. The standard InChI is InChI=1S/C25H22BrN3O5/c1-2-33-19-13-9-18(10-14-19)24(31)27-16-23(30)29-28-15-17-7-11-20(12-8-17)34-25(32)21-5-3-4-6-22(21)26/h3-15H,2,16H2,1H3,(H,27,31)(H,29,30). The largest absolute Gasteiger partial charge is 0.494 e. The van der Waals surface area contributed by atoms with Crippen molar-refractivity contribution in [2.24, 2.45) is 5.10 Å². The third kappa shape index (κ3) is 7.28. The predicted octanol–water partition coefficient (Wildman–Crippen LogP) is 3.95. The zero-order chi connectivity index (χ0) is 24.3. The normalized spacial score (nSPS) is 10.5. The van der Waals surface area contributed by atoms with Gasteiger partial charge in [0.1, 0.15) is 11.5 Å². The SMILES string of the molecule is CCOc1ccc(C(=O)NCC(=O)NN=Cc2ccc(OC(=O)c3ccccc3Br)cc2)cc1. The zero-order valence-electron chi connectivity index (χ0n) is 18.3. The molecule has 0 aliphatic rings. The molecule has 2 amide bonds. The molecule has 9 heteroatoms.